The van der Waals surface area contributed by atoms with Crippen molar-refractivity contribution in [1.82, 2.24) is 0 Å². The fourth-order valence-corrected chi connectivity index (χ4v) is 2.19. The molecule has 0 spiro atoms. The maximum Gasteiger partial charge on any atom is 0.269 e. The molecule has 0 radical (unpaired) electrons. The van der Waals surface area contributed by atoms with E-state index in [9.17, 15) is 19.5 Å². The molecule has 0 atom stereocenters. The maximum absolute atomic E-state index is 11.7. The normalized spacial score (nSPS) is 15.0. The van der Waals surface area contributed by atoms with E-state index in [0.717, 1.165) is 10.8 Å². The van der Waals surface area contributed by atoms with Crippen molar-refractivity contribution in [2.45, 2.75) is 6.42 Å². The second-order valence-electron chi connectivity index (χ2n) is 4.30. The van der Waals surface area contributed by atoms with Gasteiger partial charge in [0.1, 0.15) is 5.75 Å². The molecular formula is C14H8O4. The molecule has 1 N–H and O–H groups in total. The van der Waals surface area contributed by atoms with E-state index < -0.39 is 17.3 Å². The van der Waals surface area contributed by atoms with E-state index in [-0.39, 0.29) is 17.7 Å². The van der Waals surface area contributed by atoms with Crippen molar-refractivity contribution in [2.24, 2.45) is 0 Å². The Morgan fingerprint density at radius 3 is 2.44 bits per heavy atom. The van der Waals surface area contributed by atoms with Crippen molar-refractivity contribution in [3.63, 3.8) is 0 Å². The predicted molar refractivity (Wildman–Crippen MR) is 63.7 cm³/mol. The van der Waals surface area contributed by atoms with E-state index >= 15 is 0 Å². The molecule has 0 heterocycles. The van der Waals surface area contributed by atoms with Crippen LogP contribution in [0, 0.1) is 0 Å². The van der Waals surface area contributed by atoms with Crippen LogP contribution in [-0.2, 0) is 16.0 Å². The Morgan fingerprint density at radius 2 is 1.67 bits per heavy atom. The zero-order chi connectivity index (χ0) is 12.9. The number of carbonyl (C=O) groups excluding carboxylic acids is 3. The largest absolute Gasteiger partial charge is 0.508 e. The molecule has 0 saturated heterocycles. The maximum atomic E-state index is 11.7. The second-order valence-corrected chi connectivity index (χ2v) is 4.30. The molecule has 0 aromatic heterocycles. The summed E-state index contributed by atoms with van der Waals surface area (Å²) in [6.07, 6.45) is -0.0501. The lowest BCUT2D eigenvalue weighted by molar-refractivity contribution is -0.133. The number of hydrogen-bond donors (Lipinski definition) is 1. The third kappa shape index (κ3) is 1.43. The molecule has 0 fully saturated rings. The zero-order valence-corrected chi connectivity index (χ0v) is 9.27. The van der Waals surface area contributed by atoms with E-state index in [1.165, 1.54) is 6.07 Å². The number of aromatic hydroxyl groups is 1. The van der Waals surface area contributed by atoms with Crippen molar-refractivity contribution in [1.29, 1.82) is 0 Å². The van der Waals surface area contributed by atoms with Gasteiger partial charge in [-0.05, 0) is 40.6 Å². The first-order valence-corrected chi connectivity index (χ1v) is 5.44. The molecule has 0 amide bonds. The van der Waals surface area contributed by atoms with Crippen molar-refractivity contribution in [3.8, 4) is 5.75 Å². The fraction of sp³-hybridized carbons (Fsp3) is 0.0714. The Labute approximate surface area is 102 Å². The molecule has 2 aromatic rings. The van der Waals surface area contributed by atoms with E-state index in [1.807, 2.05) is 0 Å². The van der Waals surface area contributed by atoms with Crippen LogP contribution in [0.1, 0.15) is 15.9 Å². The topological polar surface area (TPSA) is 71.4 Å². The lowest BCUT2D eigenvalue weighted by Crippen LogP contribution is -2.31. The van der Waals surface area contributed by atoms with Crippen molar-refractivity contribution >= 4 is 28.1 Å². The molecule has 4 heteroatoms. The van der Waals surface area contributed by atoms with Gasteiger partial charge >= 0.3 is 0 Å². The molecule has 3 rings (SSSR count). The molecule has 0 aliphatic heterocycles. The molecular weight excluding hydrogens is 232 g/mol. The van der Waals surface area contributed by atoms with Crippen LogP contribution in [0.25, 0.3) is 10.8 Å². The Morgan fingerprint density at radius 1 is 0.889 bits per heavy atom. The van der Waals surface area contributed by atoms with E-state index in [0.29, 0.717) is 5.56 Å². The first kappa shape index (κ1) is 10.7. The highest BCUT2D eigenvalue weighted by molar-refractivity contribution is 6.68. The molecule has 0 unspecified atom stereocenters. The van der Waals surface area contributed by atoms with Crippen LogP contribution in [0.3, 0.4) is 0 Å². The van der Waals surface area contributed by atoms with Gasteiger partial charge in [0.25, 0.3) is 5.78 Å². The summed E-state index contributed by atoms with van der Waals surface area (Å²) in [5.74, 6) is -2.24. The molecule has 18 heavy (non-hydrogen) atoms. The molecule has 1 aliphatic rings. The van der Waals surface area contributed by atoms with Gasteiger partial charge in [-0.2, -0.15) is 0 Å². The summed E-state index contributed by atoms with van der Waals surface area (Å²) in [4.78, 5) is 34.4. The predicted octanol–water partition coefficient (Wildman–Crippen LogP) is 1.42. The van der Waals surface area contributed by atoms with Gasteiger partial charge in [-0.15, -0.1) is 0 Å². The summed E-state index contributed by atoms with van der Waals surface area (Å²) in [7, 11) is 0. The fourth-order valence-electron chi connectivity index (χ4n) is 2.19. The number of carbonyl (C=O) groups is 3. The minimum absolute atomic E-state index is 0.0501. The van der Waals surface area contributed by atoms with Crippen LogP contribution in [0.15, 0.2) is 30.3 Å². The lowest BCUT2D eigenvalue weighted by atomic mass is 9.87. The summed E-state index contributed by atoms with van der Waals surface area (Å²) in [5.41, 5.74) is 0.834. The van der Waals surface area contributed by atoms with E-state index in [1.54, 1.807) is 24.3 Å². The average Bonchev–Trinajstić information content (AvgIpc) is 2.34. The van der Waals surface area contributed by atoms with Gasteiger partial charge in [0.05, 0.1) is 0 Å². The molecule has 2 aromatic carbocycles. The second kappa shape index (κ2) is 3.50. The molecule has 0 saturated carbocycles. The van der Waals surface area contributed by atoms with Crippen molar-refractivity contribution in [3.05, 3.63) is 41.5 Å². The Hall–Kier alpha value is -2.49. The number of phenols is 1. The number of phenolic OH excluding ortho intramolecular Hbond substituents is 1. The lowest BCUT2D eigenvalue weighted by Gasteiger charge is -2.13. The third-order valence-electron chi connectivity index (χ3n) is 3.10. The Balaban J connectivity index is 2.31. The Bertz CT molecular complexity index is 728. The number of Topliss-reactive ketones (excluding diaryl/α,β-unsaturated/α-hetero) is 3. The van der Waals surface area contributed by atoms with E-state index in [2.05, 4.69) is 0 Å². The minimum atomic E-state index is -0.944. The number of rotatable bonds is 0. The van der Waals surface area contributed by atoms with Crippen LogP contribution < -0.4 is 0 Å². The van der Waals surface area contributed by atoms with Gasteiger partial charge in [0.2, 0.25) is 11.6 Å². The summed E-state index contributed by atoms with van der Waals surface area (Å²) in [6, 6.07) is 8.00. The van der Waals surface area contributed by atoms with Crippen molar-refractivity contribution in [2.75, 3.05) is 0 Å². The first-order valence-electron chi connectivity index (χ1n) is 5.44. The van der Waals surface area contributed by atoms with Crippen LogP contribution in [0.4, 0.5) is 0 Å². The summed E-state index contributed by atoms with van der Waals surface area (Å²) < 4.78 is 0. The van der Waals surface area contributed by atoms with Gasteiger partial charge in [0.15, 0.2) is 0 Å². The van der Waals surface area contributed by atoms with Crippen LogP contribution >= 0.6 is 0 Å². The summed E-state index contributed by atoms with van der Waals surface area (Å²) in [6.45, 7) is 0. The highest BCUT2D eigenvalue weighted by Gasteiger charge is 2.32. The van der Waals surface area contributed by atoms with Gasteiger partial charge < -0.3 is 5.11 Å². The minimum Gasteiger partial charge on any atom is -0.508 e. The number of benzene rings is 2. The van der Waals surface area contributed by atoms with Gasteiger partial charge in [0, 0.05) is 12.0 Å². The van der Waals surface area contributed by atoms with Gasteiger partial charge in [-0.25, -0.2) is 0 Å². The monoisotopic (exact) mass is 240 g/mol. The van der Waals surface area contributed by atoms with Crippen LogP contribution in [-0.4, -0.2) is 22.5 Å². The standard InChI is InChI=1S/C14H8O4/c15-10-2-1-7-5-11-9(3-8(7)4-10)6-12(16)14(18)13(11)17/h1-5,15H,6H2. The van der Waals surface area contributed by atoms with Crippen molar-refractivity contribution < 1.29 is 19.5 Å². The zero-order valence-electron chi connectivity index (χ0n) is 9.27. The Kier molecular flexibility index (Phi) is 2.07. The summed E-state index contributed by atoms with van der Waals surface area (Å²) in [5, 5.41) is 10.9. The van der Waals surface area contributed by atoms with Gasteiger partial charge in [-0.3, -0.25) is 14.4 Å². The summed E-state index contributed by atoms with van der Waals surface area (Å²) >= 11 is 0. The molecule has 4 nitrogen and oxygen atoms in total. The highest BCUT2D eigenvalue weighted by atomic mass is 16.3. The molecule has 1 aliphatic carbocycles. The van der Waals surface area contributed by atoms with Crippen LogP contribution in [0.5, 0.6) is 5.75 Å². The highest BCUT2D eigenvalue weighted by Crippen LogP contribution is 2.26. The number of ketones is 3. The SMILES string of the molecule is O=C1Cc2cc3cc(O)ccc3cc2C(=O)C1=O. The van der Waals surface area contributed by atoms with Gasteiger partial charge in [-0.1, -0.05) is 6.07 Å². The number of fused-ring (bicyclic) bond motifs is 2. The third-order valence-corrected chi connectivity index (χ3v) is 3.10. The van der Waals surface area contributed by atoms with Crippen LogP contribution in [0.2, 0.25) is 0 Å². The first-order chi connectivity index (χ1) is 8.56. The molecule has 88 valence electrons. The number of hydrogen-bond acceptors (Lipinski definition) is 4. The van der Waals surface area contributed by atoms with E-state index in [4.69, 9.17) is 0 Å². The molecule has 0 bridgehead atoms. The quantitative estimate of drug-likeness (QED) is 0.707. The smallest absolute Gasteiger partial charge is 0.269 e. The average molecular weight is 240 g/mol.